The Morgan fingerprint density at radius 1 is 1.04 bits per heavy atom. The van der Waals surface area contributed by atoms with Gasteiger partial charge in [-0.1, -0.05) is 6.42 Å². The highest BCUT2D eigenvalue weighted by molar-refractivity contribution is 5.42. The standard InChI is InChI=1S/C20H25N5O/c26-20-8-16-4-1-2-7-17(16)23-25(20)12-14-10-24(11-14)19-9-18(21-13-22-19)15-5-3-6-15/h8-9,13-15H,1-7,10-12H2. The van der Waals surface area contributed by atoms with Crippen molar-refractivity contribution >= 4 is 5.82 Å². The van der Waals surface area contributed by atoms with Crippen LogP contribution in [-0.2, 0) is 19.4 Å². The van der Waals surface area contributed by atoms with E-state index < -0.39 is 0 Å². The number of aromatic nitrogens is 4. The van der Waals surface area contributed by atoms with Crippen molar-refractivity contribution in [1.29, 1.82) is 0 Å². The van der Waals surface area contributed by atoms with Crippen LogP contribution < -0.4 is 10.5 Å². The Morgan fingerprint density at radius 3 is 2.69 bits per heavy atom. The summed E-state index contributed by atoms with van der Waals surface area (Å²) in [7, 11) is 0. The lowest BCUT2D eigenvalue weighted by molar-refractivity contribution is 0.329. The largest absolute Gasteiger partial charge is 0.356 e. The number of anilines is 1. The molecule has 0 spiro atoms. The molecule has 2 aromatic rings. The first-order chi connectivity index (χ1) is 12.8. The highest BCUT2D eigenvalue weighted by Crippen LogP contribution is 2.36. The molecule has 0 amide bonds. The monoisotopic (exact) mass is 351 g/mol. The third kappa shape index (κ3) is 2.91. The maximum atomic E-state index is 12.3. The van der Waals surface area contributed by atoms with Crippen LogP contribution in [0, 0.1) is 5.92 Å². The van der Waals surface area contributed by atoms with E-state index >= 15 is 0 Å². The molecule has 0 N–H and O–H groups in total. The van der Waals surface area contributed by atoms with E-state index in [1.54, 1.807) is 11.0 Å². The van der Waals surface area contributed by atoms with Crippen molar-refractivity contribution in [2.75, 3.05) is 18.0 Å². The molecule has 6 heteroatoms. The molecule has 1 saturated heterocycles. The van der Waals surface area contributed by atoms with Gasteiger partial charge in [-0.05, 0) is 44.1 Å². The minimum absolute atomic E-state index is 0.0541. The SMILES string of the molecule is O=c1cc2c(nn1CC1CN(c3cc(C4CCC4)ncn3)C1)CCCC2. The summed E-state index contributed by atoms with van der Waals surface area (Å²) in [5.74, 6) is 2.12. The number of nitrogens with zero attached hydrogens (tertiary/aromatic N) is 5. The van der Waals surface area contributed by atoms with Gasteiger partial charge in [0.2, 0.25) is 0 Å². The van der Waals surface area contributed by atoms with Crippen LogP contribution in [0.2, 0.25) is 0 Å². The molecule has 0 radical (unpaired) electrons. The Morgan fingerprint density at radius 2 is 1.88 bits per heavy atom. The van der Waals surface area contributed by atoms with E-state index in [1.165, 1.54) is 37.8 Å². The van der Waals surface area contributed by atoms with Crippen molar-refractivity contribution in [2.45, 2.75) is 57.4 Å². The zero-order valence-electron chi connectivity index (χ0n) is 15.1. The van der Waals surface area contributed by atoms with E-state index in [0.29, 0.717) is 18.4 Å². The molecular formula is C20H25N5O. The topological polar surface area (TPSA) is 63.9 Å². The molecule has 26 heavy (non-hydrogen) atoms. The fourth-order valence-corrected chi connectivity index (χ4v) is 4.31. The van der Waals surface area contributed by atoms with E-state index in [0.717, 1.165) is 43.0 Å². The van der Waals surface area contributed by atoms with Gasteiger partial charge in [-0.3, -0.25) is 4.79 Å². The second-order valence-corrected chi connectivity index (χ2v) is 8.04. The molecule has 0 bridgehead atoms. The quantitative estimate of drug-likeness (QED) is 0.846. The molecule has 3 heterocycles. The van der Waals surface area contributed by atoms with E-state index in [1.807, 2.05) is 6.07 Å². The van der Waals surface area contributed by atoms with Crippen LogP contribution in [0.5, 0.6) is 0 Å². The number of rotatable bonds is 4. The second kappa shape index (κ2) is 6.49. The fraction of sp³-hybridized carbons (Fsp3) is 0.600. The fourth-order valence-electron chi connectivity index (χ4n) is 4.31. The average Bonchev–Trinajstić information content (AvgIpc) is 2.56. The van der Waals surface area contributed by atoms with Crippen molar-refractivity contribution in [1.82, 2.24) is 19.7 Å². The third-order valence-electron chi connectivity index (χ3n) is 6.18. The first-order valence-electron chi connectivity index (χ1n) is 9.93. The first-order valence-corrected chi connectivity index (χ1v) is 9.93. The number of aryl methyl sites for hydroxylation is 2. The van der Waals surface area contributed by atoms with Gasteiger partial charge in [-0.15, -0.1) is 0 Å². The predicted octanol–water partition coefficient (Wildman–Crippen LogP) is 2.32. The van der Waals surface area contributed by atoms with E-state index in [9.17, 15) is 4.79 Å². The van der Waals surface area contributed by atoms with Gasteiger partial charge in [0.25, 0.3) is 5.56 Å². The minimum Gasteiger partial charge on any atom is -0.356 e. The van der Waals surface area contributed by atoms with Gasteiger partial charge in [-0.2, -0.15) is 5.10 Å². The molecule has 1 saturated carbocycles. The van der Waals surface area contributed by atoms with Crippen LogP contribution in [0.3, 0.4) is 0 Å². The van der Waals surface area contributed by atoms with Crippen LogP contribution in [0.25, 0.3) is 0 Å². The van der Waals surface area contributed by atoms with E-state index in [4.69, 9.17) is 0 Å². The van der Waals surface area contributed by atoms with Gasteiger partial charge in [0.05, 0.1) is 12.2 Å². The molecule has 5 rings (SSSR count). The van der Waals surface area contributed by atoms with Crippen LogP contribution >= 0.6 is 0 Å². The Labute approximate surface area is 153 Å². The average molecular weight is 351 g/mol. The molecule has 136 valence electrons. The summed E-state index contributed by atoms with van der Waals surface area (Å²) in [6, 6.07) is 3.97. The highest BCUT2D eigenvalue weighted by atomic mass is 16.1. The molecular weight excluding hydrogens is 326 g/mol. The van der Waals surface area contributed by atoms with E-state index in [-0.39, 0.29) is 5.56 Å². The first kappa shape index (κ1) is 16.0. The van der Waals surface area contributed by atoms with Crippen molar-refractivity contribution in [2.24, 2.45) is 5.92 Å². The number of fused-ring (bicyclic) bond motifs is 1. The summed E-state index contributed by atoms with van der Waals surface area (Å²) in [5.41, 5.74) is 3.54. The van der Waals surface area contributed by atoms with Crippen molar-refractivity contribution in [3.8, 4) is 0 Å². The van der Waals surface area contributed by atoms with E-state index in [2.05, 4.69) is 26.0 Å². The molecule has 1 aliphatic heterocycles. The van der Waals surface area contributed by atoms with Gasteiger partial charge in [0, 0.05) is 42.8 Å². The van der Waals surface area contributed by atoms with Crippen LogP contribution in [0.1, 0.15) is 55.0 Å². The Hall–Kier alpha value is -2.24. The van der Waals surface area contributed by atoms with Gasteiger partial charge < -0.3 is 4.90 Å². The molecule has 0 aromatic carbocycles. The molecule has 2 aliphatic carbocycles. The lowest BCUT2D eigenvalue weighted by Crippen LogP contribution is -2.50. The Bertz CT molecular complexity index is 867. The van der Waals surface area contributed by atoms with Gasteiger partial charge >= 0.3 is 0 Å². The zero-order chi connectivity index (χ0) is 17.5. The summed E-state index contributed by atoms with van der Waals surface area (Å²) in [6.07, 6.45) is 9.91. The predicted molar refractivity (Wildman–Crippen MR) is 99.5 cm³/mol. The number of hydrogen-bond donors (Lipinski definition) is 0. The molecule has 6 nitrogen and oxygen atoms in total. The third-order valence-corrected chi connectivity index (χ3v) is 6.18. The highest BCUT2D eigenvalue weighted by Gasteiger charge is 2.30. The Kier molecular flexibility index (Phi) is 3.98. The van der Waals surface area contributed by atoms with Crippen LogP contribution in [0.4, 0.5) is 5.82 Å². The maximum absolute atomic E-state index is 12.3. The van der Waals surface area contributed by atoms with Gasteiger partial charge in [0.1, 0.15) is 12.1 Å². The molecule has 3 aliphatic rings. The minimum atomic E-state index is 0.0541. The van der Waals surface area contributed by atoms with Crippen molar-refractivity contribution in [3.05, 3.63) is 45.8 Å². The van der Waals surface area contributed by atoms with Crippen LogP contribution in [0.15, 0.2) is 23.3 Å². The van der Waals surface area contributed by atoms with Gasteiger partial charge in [0.15, 0.2) is 0 Å². The smallest absolute Gasteiger partial charge is 0.267 e. The molecule has 2 fully saturated rings. The lowest BCUT2D eigenvalue weighted by Gasteiger charge is -2.40. The lowest BCUT2D eigenvalue weighted by atomic mass is 9.83. The molecule has 0 unspecified atom stereocenters. The summed E-state index contributed by atoms with van der Waals surface area (Å²) in [5, 5.41) is 4.65. The zero-order valence-corrected chi connectivity index (χ0v) is 15.1. The van der Waals surface area contributed by atoms with Gasteiger partial charge in [-0.25, -0.2) is 14.6 Å². The molecule has 2 aromatic heterocycles. The second-order valence-electron chi connectivity index (χ2n) is 8.04. The summed E-state index contributed by atoms with van der Waals surface area (Å²) in [4.78, 5) is 23.5. The number of hydrogen-bond acceptors (Lipinski definition) is 5. The summed E-state index contributed by atoms with van der Waals surface area (Å²) >= 11 is 0. The summed E-state index contributed by atoms with van der Waals surface area (Å²) in [6.45, 7) is 2.59. The Balaban J connectivity index is 1.24. The maximum Gasteiger partial charge on any atom is 0.267 e. The van der Waals surface area contributed by atoms with Crippen molar-refractivity contribution in [3.63, 3.8) is 0 Å². The molecule has 0 atom stereocenters. The van der Waals surface area contributed by atoms with Crippen LogP contribution in [-0.4, -0.2) is 32.8 Å². The summed E-state index contributed by atoms with van der Waals surface area (Å²) < 4.78 is 1.69. The normalized spacial score (nSPS) is 20.4. The van der Waals surface area contributed by atoms with Crippen molar-refractivity contribution < 1.29 is 0 Å².